The molecule has 1 saturated carbocycles. The molecule has 0 spiro atoms. The Labute approximate surface area is 121 Å². The van der Waals surface area contributed by atoms with Crippen LogP contribution in [0.3, 0.4) is 0 Å². The Hall–Kier alpha value is -1.35. The number of amides is 1. The fraction of sp³-hybridized carbons (Fsp3) is 0.588. The number of carbonyl (C=O) groups is 1. The standard InChI is InChI=1S/C17H25NO2/c1-2-14-6-8-15(9-7-14)12-16(19)18-13-17(20)10-4-3-5-11-17/h6-9,20H,2-5,10-13H2,1H3,(H,18,19). The monoisotopic (exact) mass is 275 g/mol. The summed E-state index contributed by atoms with van der Waals surface area (Å²) in [4.78, 5) is 11.9. The van der Waals surface area contributed by atoms with Crippen LogP contribution < -0.4 is 5.32 Å². The summed E-state index contributed by atoms with van der Waals surface area (Å²) in [6.07, 6.45) is 6.33. The van der Waals surface area contributed by atoms with Gasteiger partial charge in [-0.3, -0.25) is 4.79 Å². The molecule has 0 heterocycles. The zero-order valence-corrected chi connectivity index (χ0v) is 12.3. The minimum atomic E-state index is -0.681. The van der Waals surface area contributed by atoms with Gasteiger partial charge in [-0.1, -0.05) is 50.5 Å². The number of benzene rings is 1. The van der Waals surface area contributed by atoms with E-state index in [4.69, 9.17) is 0 Å². The number of aryl methyl sites for hydroxylation is 1. The molecule has 0 atom stereocenters. The van der Waals surface area contributed by atoms with Gasteiger partial charge in [0.1, 0.15) is 0 Å². The van der Waals surface area contributed by atoms with Gasteiger partial charge >= 0.3 is 0 Å². The number of hydrogen-bond acceptors (Lipinski definition) is 2. The van der Waals surface area contributed by atoms with E-state index in [1.54, 1.807) is 0 Å². The number of nitrogens with one attached hydrogen (secondary N) is 1. The first-order valence-corrected chi connectivity index (χ1v) is 7.68. The van der Waals surface area contributed by atoms with Crippen LogP contribution in [0.5, 0.6) is 0 Å². The predicted octanol–water partition coefficient (Wildman–Crippen LogP) is 2.60. The molecule has 0 bridgehead atoms. The number of rotatable bonds is 5. The molecule has 1 fully saturated rings. The second-order valence-electron chi connectivity index (χ2n) is 5.91. The Morgan fingerprint density at radius 3 is 2.35 bits per heavy atom. The van der Waals surface area contributed by atoms with E-state index in [0.29, 0.717) is 13.0 Å². The van der Waals surface area contributed by atoms with Crippen LogP contribution in [0.2, 0.25) is 0 Å². The lowest BCUT2D eigenvalue weighted by atomic mass is 9.85. The van der Waals surface area contributed by atoms with E-state index in [1.165, 1.54) is 12.0 Å². The van der Waals surface area contributed by atoms with Crippen molar-refractivity contribution in [3.8, 4) is 0 Å². The number of hydrogen-bond donors (Lipinski definition) is 2. The quantitative estimate of drug-likeness (QED) is 0.868. The lowest BCUT2D eigenvalue weighted by molar-refractivity contribution is -0.122. The van der Waals surface area contributed by atoms with Crippen LogP contribution in [0.25, 0.3) is 0 Å². The number of carbonyl (C=O) groups excluding carboxylic acids is 1. The summed E-state index contributed by atoms with van der Waals surface area (Å²) in [7, 11) is 0. The average molecular weight is 275 g/mol. The first kappa shape index (κ1) is 15.0. The second kappa shape index (κ2) is 6.89. The molecule has 0 aromatic heterocycles. The Kier molecular flexibility index (Phi) is 5.18. The van der Waals surface area contributed by atoms with Crippen LogP contribution in [0.4, 0.5) is 0 Å². The van der Waals surface area contributed by atoms with Gasteiger partial charge in [0, 0.05) is 6.54 Å². The van der Waals surface area contributed by atoms with Crippen LogP contribution in [-0.2, 0) is 17.6 Å². The molecule has 0 saturated heterocycles. The molecule has 20 heavy (non-hydrogen) atoms. The first-order chi connectivity index (χ1) is 9.61. The zero-order valence-electron chi connectivity index (χ0n) is 12.3. The van der Waals surface area contributed by atoms with E-state index in [1.807, 2.05) is 12.1 Å². The van der Waals surface area contributed by atoms with Crippen LogP contribution in [0.15, 0.2) is 24.3 Å². The summed E-state index contributed by atoms with van der Waals surface area (Å²) >= 11 is 0. The molecule has 0 aliphatic heterocycles. The van der Waals surface area contributed by atoms with Crippen molar-refractivity contribution >= 4 is 5.91 Å². The van der Waals surface area contributed by atoms with Gasteiger partial charge < -0.3 is 10.4 Å². The summed E-state index contributed by atoms with van der Waals surface area (Å²) in [5, 5.41) is 13.2. The van der Waals surface area contributed by atoms with Crippen molar-refractivity contribution in [2.24, 2.45) is 0 Å². The van der Waals surface area contributed by atoms with Crippen molar-refractivity contribution in [2.45, 2.75) is 57.5 Å². The van der Waals surface area contributed by atoms with Crippen molar-refractivity contribution in [2.75, 3.05) is 6.54 Å². The predicted molar refractivity (Wildman–Crippen MR) is 80.6 cm³/mol. The smallest absolute Gasteiger partial charge is 0.224 e. The highest BCUT2D eigenvalue weighted by Crippen LogP contribution is 2.27. The average Bonchev–Trinajstić information content (AvgIpc) is 2.47. The third kappa shape index (κ3) is 4.34. The van der Waals surface area contributed by atoms with E-state index in [-0.39, 0.29) is 5.91 Å². The van der Waals surface area contributed by atoms with Gasteiger partial charge in [-0.25, -0.2) is 0 Å². The van der Waals surface area contributed by atoms with E-state index in [0.717, 1.165) is 37.7 Å². The Balaban J connectivity index is 1.79. The molecule has 1 aromatic rings. The molecule has 0 unspecified atom stereocenters. The molecule has 1 aliphatic carbocycles. The first-order valence-electron chi connectivity index (χ1n) is 7.68. The second-order valence-corrected chi connectivity index (χ2v) is 5.91. The molecule has 1 amide bonds. The summed E-state index contributed by atoms with van der Waals surface area (Å²) in [5.41, 5.74) is 1.63. The van der Waals surface area contributed by atoms with E-state index in [2.05, 4.69) is 24.4 Å². The molecule has 3 nitrogen and oxygen atoms in total. The van der Waals surface area contributed by atoms with Gasteiger partial charge in [-0.15, -0.1) is 0 Å². The fourth-order valence-corrected chi connectivity index (χ4v) is 2.79. The van der Waals surface area contributed by atoms with Gasteiger partial charge in [0.15, 0.2) is 0 Å². The van der Waals surface area contributed by atoms with Crippen molar-refractivity contribution < 1.29 is 9.90 Å². The summed E-state index contributed by atoms with van der Waals surface area (Å²) < 4.78 is 0. The molecule has 110 valence electrons. The maximum atomic E-state index is 11.9. The highest BCUT2D eigenvalue weighted by atomic mass is 16.3. The topological polar surface area (TPSA) is 49.3 Å². The summed E-state index contributed by atoms with van der Waals surface area (Å²) in [6.45, 7) is 2.51. The maximum absolute atomic E-state index is 11.9. The van der Waals surface area contributed by atoms with Crippen LogP contribution >= 0.6 is 0 Å². The van der Waals surface area contributed by atoms with Crippen LogP contribution in [0, 0.1) is 0 Å². The van der Waals surface area contributed by atoms with Crippen molar-refractivity contribution in [3.05, 3.63) is 35.4 Å². The van der Waals surface area contributed by atoms with E-state index >= 15 is 0 Å². The minimum Gasteiger partial charge on any atom is -0.388 e. The van der Waals surface area contributed by atoms with Crippen molar-refractivity contribution in [3.63, 3.8) is 0 Å². The molecular formula is C17H25NO2. The van der Waals surface area contributed by atoms with Gasteiger partial charge in [0.25, 0.3) is 0 Å². The number of aliphatic hydroxyl groups is 1. The summed E-state index contributed by atoms with van der Waals surface area (Å²) in [6, 6.07) is 8.15. The Bertz CT molecular complexity index is 433. The van der Waals surface area contributed by atoms with Gasteiger partial charge in [-0.2, -0.15) is 0 Å². The molecule has 3 heteroatoms. The molecule has 2 rings (SSSR count). The minimum absolute atomic E-state index is 0.00625. The van der Waals surface area contributed by atoms with Crippen LogP contribution in [0.1, 0.15) is 50.2 Å². The molecular weight excluding hydrogens is 250 g/mol. The zero-order chi connectivity index (χ0) is 14.4. The Morgan fingerprint density at radius 2 is 1.75 bits per heavy atom. The lowest BCUT2D eigenvalue weighted by Crippen LogP contribution is -2.44. The van der Waals surface area contributed by atoms with Gasteiger partial charge in [0.05, 0.1) is 12.0 Å². The third-order valence-electron chi connectivity index (χ3n) is 4.19. The van der Waals surface area contributed by atoms with E-state index in [9.17, 15) is 9.90 Å². The SMILES string of the molecule is CCc1ccc(CC(=O)NCC2(O)CCCCC2)cc1. The molecule has 0 radical (unpaired) electrons. The fourth-order valence-electron chi connectivity index (χ4n) is 2.79. The third-order valence-corrected chi connectivity index (χ3v) is 4.19. The molecule has 1 aliphatic rings. The van der Waals surface area contributed by atoms with Gasteiger partial charge in [0.2, 0.25) is 5.91 Å². The Morgan fingerprint density at radius 1 is 1.15 bits per heavy atom. The lowest BCUT2D eigenvalue weighted by Gasteiger charge is -2.32. The highest BCUT2D eigenvalue weighted by molar-refractivity contribution is 5.78. The molecule has 1 aromatic carbocycles. The van der Waals surface area contributed by atoms with Crippen molar-refractivity contribution in [1.29, 1.82) is 0 Å². The van der Waals surface area contributed by atoms with Gasteiger partial charge in [-0.05, 0) is 30.4 Å². The van der Waals surface area contributed by atoms with Crippen molar-refractivity contribution in [1.82, 2.24) is 5.32 Å². The summed E-state index contributed by atoms with van der Waals surface area (Å²) in [5.74, 6) is -0.00625. The van der Waals surface area contributed by atoms with Crippen LogP contribution in [-0.4, -0.2) is 23.2 Å². The maximum Gasteiger partial charge on any atom is 0.224 e. The largest absolute Gasteiger partial charge is 0.388 e. The molecule has 2 N–H and O–H groups in total. The highest BCUT2D eigenvalue weighted by Gasteiger charge is 2.29. The van der Waals surface area contributed by atoms with E-state index < -0.39 is 5.60 Å². The normalized spacial score (nSPS) is 17.7.